The second kappa shape index (κ2) is 5.15. The number of hydrogen-bond acceptors (Lipinski definition) is 2. The maximum absolute atomic E-state index is 11.7. The number of rotatable bonds is 3. The number of carbonyl (C=O) groups excluding carboxylic acids is 1. The molecule has 1 heterocycles. The summed E-state index contributed by atoms with van der Waals surface area (Å²) in [6, 6.07) is 0.126. The molecule has 0 aliphatic carbocycles. The molecule has 3 nitrogen and oxygen atoms in total. The molecule has 1 atom stereocenters. The molecular weight excluding hydrogens is 176 g/mol. The fourth-order valence-corrected chi connectivity index (χ4v) is 1.51. The van der Waals surface area contributed by atoms with E-state index in [-0.39, 0.29) is 11.9 Å². The van der Waals surface area contributed by atoms with E-state index in [4.69, 9.17) is 5.73 Å². The highest BCUT2D eigenvalue weighted by Gasteiger charge is 2.15. The Morgan fingerprint density at radius 3 is 2.93 bits per heavy atom. The molecule has 0 radical (unpaired) electrons. The largest absolute Gasteiger partial charge is 0.339 e. The van der Waals surface area contributed by atoms with E-state index in [1.54, 1.807) is 0 Å². The van der Waals surface area contributed by atoms with E-state index in [0.717, 1.165) is 25.9 Å². The lowest BCUT2D eigenvalue weighted by molar-refractivity contribution is -0.131. The summed E-state index contributed by atoms with van der Waals surface area (Å²) in [4.78, 5) is 13.6. The van der Waals surface area contributed by atoms with E-state index >= 15 is 0 Å². The van der Waals surface area contributed by atoms with Crippen molar-refractivity contribution in [1.82, 2.24) is 4.90 Å². The Morgan fingerprint density at radius 2 is 2.43 bits per heavy atom. The summed E-state index contributed by atoms with van der Waals surface area (Å²) in [6.07, 6.45) is 4.53. The molecule has 0 saturated carbocycles. The van der Waals surface area contributed by atoms with Crippen molar-refractivity contribution in [2.75, 3.05) is 13.1 Å². The van der Waals surface area contributed by atoms with E-state index in [2.05, 4.69) is 13.0 Å². The molecule has 2 N–H and O–H groups in total. The number of hydrogen-bond donors (Lipinski definition) is 1. The first-order chi connectivity index (χ1) is 6.59. The monoisotopic (exact) mass is 196 g/mol. The first-order valence-corrected chi connectivity index (χ1v) is 5.28. The Bertz CT molecular complexity index is 233. The van der Waals surface area contributed by atoms with Crippen LogP contribution in [0, 0.1) is 0 Å². The molecule has 0 aromatic carbocycles. The number of nitrogens with two attached hydrogens (primary N) is 1. The first-order valence-electron chi connectivity index (χ1n) is 5.28. The Hall–Kier alpha value is -0.830. The van der Waals surface area contributed by atoms with Crippen LogP contribution in [0.2, 0.25) is 0 Å². The van der Waals surface area contributed by atoms with Crippen molar-refractivity contribution in [3.8, 4) is 0 Å². The summed E-state index contributed by atoms with van der Waals surface area (Å²) < 4.78 is 0. The van der Waals surface area contributed by atoms with Gasteiger partial charge in [0, 0.05) is 25.6 Å². The minimum Gasteiger partial charge on any atom is -0.339 e. The molecular formula is C11H20N2O. The summed E-state index contributed by atoms with van der Waals surface area (Å²) in [7, 11) is 0. The van der Waals surface area contributed by atoms with Gasteiger partial charge in [0.1, 0.15) is 0 Å². The molecule has 1 aliphatic heterocycles. The lowest BCUT2D eigenvalue weighted by atomic mass is 10.1. The van der Waals surface area contributed by atoms with Gasteiger partial charge >= 0.3 is 0 Å². The highest BCUT2D eigenvalue weighted by Crippen LogP contribution is 2.11. The van der Waals surface area contributed by atoms with E-state index in [1.165, 1.54) is 5.57 Å². The maximum atomic E-state index is 11.7. The summed E-state index contributed by atoms with van der Waals surface area (Å²) in [5.74, 6) is 0.242. The summed E-state index contributed by atoms with van der Waals surface area (Å²) in [5, 5.41) is 0. The molecule has 0 bridgehead atoms. The van der Waals surface area contributed by atoms with Crippen LogP contribution in [-0.2, 0) is 4.79 Å². The average Bonchev–Trinajstić information content (AvgIpc) is 2.15. The average molecular weight is 196 g/mol. The zero-order chi connectivity index (χ0) is 10.6. The fourth-order valence-electron chi connectivity index (χ4n) is 1.51. The van der Waals surface area contributed by atoms with Crippen molar-refractivity contribution in [1.29, 1.82) is 0 Å². The second-order valence-corrected chi connectivity index (χ2v) is 4.16. The third-order valence-electron chi connectivity index (χ3n) is 2.60. The van der Waals surface area contributed by atoms with Gasteiger partial charge in [-0.25, -0.2) is 0 Å². The Balaban J connectivity index is 2.32. The molecule has 1 rings (SSSR count). The van der Waals surface area contributed by atoms with Gasteiger partial charge in [0.05, 0.1) is 0 Å². The van der Waals surface area contributed by atoms with Gasteiger partial charge in [-0.15, -0.1) is 0 Å². The van der Waals surface area contributed by atoms with E-state index < -0.39 is 0 Å². The van der Waals surface area contributed by atoms with E-state index in [0.29, 0.717) is 6.42 Å². The Morgan fingerprint density at radius 1 is 1.71 bits per heavy atom. The van der Waals surface area contributed by atoms with Gasteiger partial charge in [-0.3, -0.25) is 4.79 Å². The predicted octanol–water partition coefficient (Wildman–Crippen LogP) is 1.29. The summed E-state index contributed by atoms with van der Waals surface area (Å²) in [6.45, 7) is 5.71. The third-order valence-corrected chi connectivity index (χ3v) is 2.60. The molecule has 1 unspecified atom stereocenters. The highest BCUT2D eigenvalue weighted by molar-refractivity contribution is 5.76. The van der Waals surface area contributed by atoms with Crippen molar-refractivity contribution in [3.05, 3.63) is 11.6 Å². The van der Waals surface area contributed by atoms with Crippen LogP contribution in [0.4, 0.5) is 0 Å². The molecule has 80 valence electrons. The van der Waals surface area contributed by atoms with Crippen molar-refractivity contribution in [2.24, 2.45) is 5.73 Å². The van der Waals surface area contributed by atoms with Crippen LogP contribution >= 0.6 is 0 Å². The lowest BCUT2D eigenvalue weighted by Gasteiger charge is -2.25. The zero-order valence-corrected chi connectivity index (χ0v) is 9.12. The predicted molar refractivity (Wildman–Crippen MR) is 57.8 cm³/mol. The molecule has 1 aliphatic rings. The van der Waals surface area contributed by atoms with Gasteiger partial charge in [0.25, 0.3) is 0 Å². The fraction of sp³-hybridized carbons (Fsp3) is 0.727. The molecule has 0 aromatic rings. The summed E-state index contributed by atoms with van der Waals surface area (Å²) >= 11 is 0. The van der Waals surface area contributed by atoms with Gasteiger partial charge in [-0.1, -0.05) is 11.6 Å². The molecule has 1 amide bonds. The lowest BCUT2D eigenvalue weighted by Crippen LogP contribution is -2.35. The highest BCUT2D eigenvalue weighted by atomic mass is 16.2. The van der Waals surface area contributed by atoms with Crippen LogP contribution in [0.25, 0.3) is 0 Å². The van der Waals surface area contributed by atoms with Gasteiger partial charge < -0.3 is 10.6 Å². The zero-order valence-electron chi connectivity index (χ0n) is 9.12. The van der Waals surface area contributed by atoms with Crippen molar-refractivity contribution < 1.29 is 4.79 Å². The molecule has 0 spiro atoms. The smallest absolute Gasteiger partial charge is 0.222 e. The minimum absolute atomic E-state index is 0.126. The topological polar surface area (TPSA) is 46.3 Å². The quantitative estimate of drug-likeness (QED) is 0.691. The Labute approximate surface area is 86.0 Å². The van der Waals surface area contributed by atoms with Crippen LogP contribution in [0.15, 0.2) is 11.6 Å². The molecule has 0 fully saturated rings. The third kappa shape index (κ3) is 3.50. The standard InChI is InChI=1S/C11H20N2O/c1-9-5-7-13(8-6-9)11(14)4-3-10(2)12/h5,10H,3-4,6-8,12H2,1-2H3. The number of nitrogens with zero attached hydrogens (tertiary/aromatic N) is 1. The first kappa shape index (κ1) is 11.2. The van der Waals surface area contributed by atoms with Crippen LogP contribution in [0.1, 0.15) is 33.1 Å². The van der Waals surface area contributed by atoms with Crippen LogP contribution in [-0.4, -0.2) is 29.9 Å². The van der Waals surface area contributed by atoms with Crippen molar-refractivity contribution in [2.45, 2.75) is 39.2 Å². The summed E-state index contributed by atoms with van der Waals surface area (Å²) in [5.41, 5.74) is 7.00. The van der Waals surface area contributed by atoms with E-state index in [1.807, 2.05) is 11.8 Å². The van der Waals surface area contributed by atoms with Crippen molar-refractivity contribution >= 4 is 5.91 Å². The van der Waals surface area contributed by atoms with Gasteiger partial charge in [0.15, 0.2) is 0 Å². The molecule has 3 heteroatoms. The van der Waals surface area contributed by atoms with Crippen LogP contribution in [0.5, 0.6) is 0 Å². The minimum atomic E-state index is 0.126. The Kier molecular flexibility index (Phi) is 4.14. The van der Waals surface area contributed by atoms with Crippen LogP contribution < -0.4 is 5.73 Å². The number of carbonyl (C=O) groups is 1. The van der Waals surface area contributed by atoms with Gasteiger partial charge in [0.2, 0.25) is 5.91 Å². The van der Waals surface area contributed by atoms with Gasteiger partial charge in [-0.2, -0.15) is 0 Å². The normalized spacial score (nSPS) is 19.1. The second-order valence-electron chi connectivity index (χ2n) is 4.16. The van der Waals surface area contributed by atoms with E-state index in [9.17, 15) is 4.79 Å². The molecule has 0 aromatic heterocycles. The number of amides is 1. The van der Waals surface area contributed by atoms with Crippen LogP contribution in [0.3, 0.4) is 0 Å². The molecule has 14 heavy (non-hydrogen) atoms. The van der Waals surface area contributed by atoms with Gasteiger partial charge in [-0.05, 0) is 26.7 Å². The van der Waals surface area contributed by atoms with Crippen molar-refractivity contribution in [3.63, 3.8) is 0 Å². The molecule has 0 saturated heterocycles. The maximum Gasteiger partial charge on any atom is 0.222 e. The SMILES string of the molecule is CC1=CCN(C(=O)CCC(C)N)CC1.